The highest BCUT2D eigenvalue weighted by Crippen LogP contribution is 2.43. The summed E-state index contributed by atoms with van der Waals surface area (Å²) in [4.78, 5) is 83.6. The summed E-state index contributed by atoms with van der Waals surface area (Å²) in [5.41, 5.74) is 2.04. The van der Waals surface area contributed by atoms with Gasteiger partial charge < -0.3 is 35.4 Å². The lowest BCUT2D eigenvalue weighted by molar-refractivity contribution is -0.169. The monoisotopic (exact) mass is 631 g/mol. The number of carboxylic acid groups (broad SMARTS) is 1. The summed E-state index contributed by atoms with van der Waals surface area (Å²) in [6.07, 6.45) is 0.925. The summed E-state index contributed by atoms with van der Waals surface area (Å²) in [5, 5.41) is 14.8. The Kier molecular flexibility index (Phi) is 9.66. The number of thioether (sulfide) groups is 1. The van der Waals surface area contributed by atoms with Crippen molar-refractivity contribution in [1.29, 1.82) is 0 Å². The largest absolute Gasteiger partial charge is 0.479 e. The van der Waals surface area contributed by atoms with E-state index >= 15 is 0 Å². The van der Waals surface area contributed by atoms with E-state index < -0.39 is 65.0 Å². The maximum absolute atomic E-state index is 13.4. The van der Waals surface area contributed by atoms with Gasteiger partial charge in [-0.2, -0.15) is 0 Å². The lowest BCUT2D eigenvalue weighted by Crippen LogP contribution is -2.82. The first kappa shape index (κ1) is 31.8. The topological polar surface area (TPSA) is 217 Å². The van der Waals surface area contributed by atoms with E-state index in [-0.39, 0.29) is 33.3 Å². The number of hydrogen-bond donors (Lipinski definition) is 3. The maximum atomic E-state index is 13.4. The van der Waals surface area contributed by atoms with Crippen molar-refractivity contribution in [2.45, 2.75) is 50.6 Å². The van der Waals surface area contributed by atoms with Crippen LogP contribution in [0.25, 0.3) is 0 Å². The van der Waals surface area contributed by atoms with Gasteiger partial charge >= 0.3 is 17.9 Å². The molecule has 1 fully saturated rings. The Bertz CT molecular complexity index is 1350. The summed E-state index contributed by atoms with van der Waals surface area (Å²) < 4.78 is 10.0. The number of nitrogens with one attached hydrogen (secondary N) is 1. The molecular formula is C23H26ClN5O10S2. The Balaban J connectivity index is 1.81. The predicted molar refractivity (Wildman–Crippen MR) is 146 cm³/mol. The van der Waals surface area contributed by atoms with Crippen molar-refractivity contribution in [2.75, 3.05) is 24.7 Å². The molecule has 1 aromatic rings. The van der Waals surface area contributed by atoms with E-state index in [4.69, 9.17) is 31.6 Å². The number of ketones is 1. The third-order valence-corrected chi connectivity index (χ3v) is 7.72. The number of anilines is 1. The number of aromatic nitrogens is 1. The van der Waals surface area contributed by atoms with Crippen molar-refractivity contribution < 1.29 is 48.2 Å². The van der Waals surface area contributed by atoms with Crippen LogP contribution in [-0.2, 0) is 43.1 Å². The van der Waals surface area contributed by atoms with Crippen LogP contribution in [-0.4, -0.2) is 91.7 Å². The zero-order chi connectivity index (χ0) is 30.7. The minimum Gasteiger partial charge on any atom is -0.479 e. The molecule has 0 aliphatic carbocycles. The van der Waals surface area contributed by atoms with Crippen LogP contribution >= 0.6 is 34.7 Å². The van der Waals surface area contributed by atoms with E-state index in [1.165, 1.54) is 13.1 Å². The van der Waals surface area contributed by atoms with E-state index in [2.05, 4.69) is 15.5 Å². The molecule has 41 heavy (non-hydrogen) atoms. The minimum absolute atomic E-state index is 0.0407. The Morgan fingerprint density at radius 2 is 1.98 bits per heavy atom. The molecule has 0 radical (unpaired) electrons. The predicted octanol–water partition coefficient (Wildman–Crippen LogP) is 0.702. The Labute approximate surface area is 246 Å². The number of halogens is 1. The van der Waals surface area contributed by atoms with Gasteiger partial charge in [-0.25, -0.2) is 14.6 Å². The van der Waals surface area contributed by atoms with Gasteiger partial charge in [0.1, 0.15) is 39.8 Å². The van der Waals surface area contributed by atoms with Gasteiger partial charge in [0.15, 0.2) is 10.8 Å². The van der Waals surface area contributed by atoms with Crippen LogP contribution in [0.4, 0.5) is 5.13 Å². The van der Waals surface area contributed by atoms with E-state index in [0.717, 1.165) is 28.0 Å². The van der Waals surface area contributed by atoms with Crippen molar-refractivity contribution in [3.8, 4) is 0 Å². The van der Waals surface area contributed by atoms with Gasteiger partial charge in [0.2, 0.25) is 12.1 Å². The van der Waals surface area contributed by atoms with Crippen LogP contribution in [0.1, 0.15) is 39.8 Å². The number of carboxylic acids is 1. The summed E-state index contributed by atoms with van der Waals surface area (Å²) in [5.74, 6) is -5.58. The molecule has 15 nitrogen and oxygen atoms in total. The lowest BCUT2D eigenvalue weighted by atomic mass is 9.87. The Morgan fingerprint density at radius 1 is 1.29 bits per heavy atom. The first-order chi connectivity index (χ1) is 19.0. The molecule has 1 aromatic heterocycles. The number of nitrogens with two attached hydrogens (primary N) is 1. The van der Waals surface area contributed by atoms with Crippen molar-refractivity contribution >= 4 is 81.0 Å². The number of carbonyl (C=O) groups excluding carboxylic acids is 5. The first-order valence-electron chi connectivity index (χ1n) is 11.7. The molecule has 1 saturated heterocycles. The highest BCUT2D eigenvalue weighted by Gasteiger charge is 2.68. The standard InChI is InChI=1S/C23H26ClN5O10S2/c1-10(30)5-12(31)37-7-11-6-29-18(34)23(20(35)36,19(29)40-9-11)27-17(33)15(14-16(24)41-21(25)26-14)28-38-8-13(32)39-22(2,3)4/h6,19H,5,7-9H2,1-4H3,(H2,25,26)(H,27,33)(H,35,36)/b28-15-/t19-,23+/m0/s1. The quantitative estimate of drug-likeness (QED) is 0.101. The number of rotatable bonds is 11. The average Bonchev–Trinajstić information content (AvgIpc) is 3.18. The molecule has 3 rings (SSSR count). The zero-order valence-electron chi connectivity index (χ0n) is 22.2. The highest BCUT2D eigenvalue weighted by atomic mass is 35.5. The lowest BCUT2D eigenvalue weighted by Gasteiger charge is -2.53. The minimum atomic E-state index is -2.41. The van der Waals surface area contributed by atoms with Crippen LogP contribution < -0.4 is 11.1 Å². The molecular weight excluding hydrogens is 606 g/mol. The summed E-state index contributed by atoms with van der Waals surface area (Å²) in [6.45, 7) is 5.23. The van der Waals surface area contributed by atoms with Crippen LogP contribution in [0.5, 0.6) is 0 Å². The second-order valence-electron chi connectivity index (χ2n) is 9.74. The number of carbonyl (C=O) groups is 6. The van der Waals surface area contributed by atoms with E-state index in [1.54, 1.807) is 20.8 Å². The number of hydrogen-bond acceptors (Lipinski definition) is 14. The van der Waals surface area contributed by atoms with Crippen molar-refractivity contribution in [3.05, 3.63) is 21.8 Å². The molecule has 2 atom stereocenters. The summed E-state index contributed by atoms with van der Waals surface area (Å²) >= 11 is 7.94. The Hall–Kier alpha value is -3.70. The first-order valence-corrected chi connectivity index (χ1v) is 14.0. The van der Waals surface area contributed by atoms with Gasteiger partial charge in [-0.15, -0.1) is 11.8 Å². The second kappa shape index (κ2) is 12.4. The fourth-order valence-electron chi connectivity index (χ4n) is 3.60. The van der Waals surface area contributed by atoms with Gasteiger partial charge in [-0.05, 0) is 33.3 Å². The number of fused-ring (bicyclic) bond motifs is 1. The van der Waals surface area contributed by atoms with Gasteiger partial charge in [0.05, 0.1) is 0 Å². The second-order valence-corrected chi connectivity index (χ2v) is 12.4. The molecule has 0 saturated carbocycles. The molecule has 222 valence electrons. The number of thiazole rings is 1. The zero-order valence-corrected chi connectivity index (χ0v) is 24.6. The smallest absolute Gasteiger partial charge is 0.347 e. The number of esters is 2. The van der Waals surface area contributed by atoms with E-state index in [0.29, 0.717) is 5.57 Å². The fourth-order valence-corrected chi connectivity index (χ4v) is 5.88. The number of Topliss-reactive ketones (excluding diaryl/α,β-unsaturated/α-hetero) is 1. The molecule has 0 aromatic carbocycles. The van der Waals surface area contributed by atoms with Crippen LogP contribution in [0, 0.1) is 0 Å². The molecule has 0 bridgehead atoms. The number of aliphatic carboxylic acids is 1. The highest BCUT2D eigenvalue weighted by molar-refractivity contribution is 8.00. The van der Waals surface area contributed by atoms with Gasteiger partial charge in [0.25, 0.3) is 11.8 Å². The normalized spacial score (nSPS) is 20.3. The molecule has 2 amide bonds. The fraction of sp³-hybridized carbons (Fsp3) is 0.478. The number of β-lactam (4-membered cyclic amide) rings is 1. The molecule has 2 aliphatic rings. The SMILES string of the molecule is CC(=O)CC(=O)OCC1=CN2C(=O)[C@](NC(=O)/C(=N\OCC(=O)OC(C)(C)C)c3nc(N)sc3Cl)(C(=O)O)[C@@H]2SC1. The maximum Gasteiger partial charge on any atom is 0.347 e. The number of ether oxygens (including phenoxy) is 2. The number of nitrogens with zero attached hydrogens (tertiary/aromatic N) is 3. The van der Waals surface area contributed by atoms with Crippen molar-refractivity contribution in [3.63, 3.8) is 0 Å². The van der Waals surface area contributed by atoms with Gasteiger partial charge in [-0.3, -0.25) is 19.2 Å². The number of amides is 2. The van der Waals surface area contributed by atoms with Gasteiger partial charge in [0, 0.05) is 12.0 Å². The van der Waals surface area contributed by atoms with Crippen LogP contribution in [0.15, 0.2) is 16.9 Å². The average molecular weight is 632 g/mol. The summed E-state index contributed by atoms with van der Waals surface area (Å²) in [7, 11) is 0. The molecule has 0 unspecified atom stereocenters. The molecule has 0 spiro atoms. The van der Waals surface area contributed by atoms with Crippen LogP contribution in [0.2, 0.25) is 4.34 Å². The third kappa shape index (κ3) is 7.34. The van der Waals surface area contributed by atoms with Crippen LogP contribution in [0.3, 0.4) is 0 Å². The summed E-state index contributed by atoms with van der Waals surface area (Å²) in [6, 6.07) is 0. The Morgan fingerprint density at radius 3 is 2.54 bits per heavy atom. The molecule has 4 N–H and O–H groups in total. The third-order valence-electron chi connectivity index (χ3n) is 5.20. The molecule has 3 heterocycles. The van der Waals surface area contributed by atoms with E-state index in [1.807, 2.05) is 0 Å². The molecule has 18 heteroatoms. The van der Waals surface area contributed by atoms with Crippen molar-refractivity contribution in [1.82, 2.24) is 15.2 Å². The van der Waals surface area contributed by atoms with E-state index in [9.17, 15) is 33.9 Å². The number of nitrogen functional groups attached to an aromatic ring is 1. The number of oxime groups is 1. The van der Waals surface area contributed by atoms with Crippen molar-refractivity contribution in [2.24, 2.45) is 5.16 Å². The molecule has 2 aliphatic heterocycles. The van der Waals surface area contributed by atoms with Gasteiger partial charge in [-0.1, -0.05) is 28.1 Å².